The minimum Gasteiger partial charge on any atom is -0.350 e. The minimum atomic E-state index is -5.94. The van der Waals surface area contributed by atoms with Crippen LogP contribution in [0.15, 0.2) is 12.2 Å². The van der Waals surface area contributed by atoms with Crippen molar-refractivity contribution in [3.05, 3.63) is 12.2 Å². The molecule has 1 N–H and O–H groups in total. The number of rotatable bonds is 1. The van der Waals surface area contributed by atoms with E-state index in [-0.39, 0.29) is 0 Å². The Labute approximate surface area is 94.1 Å². The maximum absolute atomic E-state index is 11.4. The average Bonchev–Trinajstić information content (AvgIpc) is 2.79. The van der Waals surface area contributed by atoms with Gasteiger partial charge in [-0.1, -0.05) is 12.2 Å². The monoisotopic (exact) mass is 262 g/mol. The molecular weight excluding hydrogens is 250 g/mol. The highest BCUT2D eigenvalue weighted by atomic mass is 19.4. The van der Waals surface area contributed by atoms with E-state index in [2.05, 4.69) is 12.2 Å². The Kier molecular flexibility index (Phi) is 4.11. The van der Waals surface area contributed by atoms with E-state index < -0.39 is 18.5 Å². The zero-order chi connectivity index (χ0) is 13.3. The second-order valence-electron chi connectivity index (χ2n) is 4.19. The molecule has 3 unspecified atom stereocenters. The van der Waals surface area contributed by atoms with Gasteiger partial charge in [0.2, 0.25) is 0 Å². The Morgan fingerprint density at radius 2 is 1.41 bits per heavy atom. The van der Waals surface area contributed by atoms with Crippen LogP contribution in [0, 0.1) is 11.8 Å². The zero-order valence-corrected chi connectivity index (χ0v) is 8.72. The molecule has 0 aromatic carbocycles. The van der Waals surface area contributed by atoms with Gasteiger partial charge in [-0.3, -0.25) is 0 Å². The molecule has 0 aromatic rings. The summed E-state index contributed by atoms with van der Waals surface area (Å²) in [5, 5.41) is 7.39. The smallest absolute Gasteiger partial charge is 0.350 e. The summed E-state index contributed by atoms with van der Waals surface area (Å²) in [4.78, 5) is 0. The maximum Gasteiger partial charge on any atom is 0.454 e. The van der Waals surface area contributed by atoms with Gasteiger partial charge in [0, 0.05) is 0 Å². The quantitative estimate of drug-likeness (QED) is 0.567. The van der Waals surface area contributed by atoms with E-state index in [0.29, 0.717) is 0 Å². The van der Waals surface area contributed by atoms with Crippen LogP contribution < -0.4 is 0 Å². The standard InChI is InChI=1S/C7H10.C3H2F6O/c1-2-7-4-3-6(1)5-7;4-1(5)2(6,10)3(7,8)9/h1-2,6-7H,3-5H2;1,10H. The topological polar surface area (TPSA) is 20.2 Å². The van der Waals surface area contributed by atoms with Crippen LogP contribution in [0.3, 0.4) is 0 Å². The molecule has 0 amide bonds. The van der Waals surface area contributed by atoms with Crippen LogP contribution in [0.1, 0.15) is 19.3 Å². The van der Waals surface area contributed by atoms with Crippen molar-refractivity contribution < 1.29 is 31.4 Å². The van der Waals surface area contributed by atoms with Gasteiger partial charge in [-0.25, -0.2) is 8.78 Å². The fraction of sp³-hybridized carbons (Fsp3) is 0.800. The number of alkyl halides is 6. The number of aliphatic hydroxyl groups is 1. The fourth-order valence-electron chi connectivity index (χ4n) is 1.84. The molecule has 100 valence electrons. The Morgan fingerprint density at radius 3 is 1.47 bits per heavy atom. The van der Waals surface area contributed by atoms with Crippen molar-refractivity contribution in [3.63, 3.8) is 0 Å². The van der Waals surface area contributed by atoms with E-state index in [0.717, 1.165) is 11.8 Å². The Hall–Kier alpha value is -0.720. The summed E-state index contributed by atoms with van der Waals surface area (Å²) >= 11 is 0. The van der Waals surface area contributed by atoms with Gasteiger partial charge in [0.1, 0.15) is 0 Å². The van der Waals surface area contributed by atoms with Gasteiger partial charge in [0.15, 0.2) is 0 Å². The van der Waals surface area contributed by atoms with Gasteiger partial charge < -0.3 is 5.11 Å². The normalized spacial score (nSPS) is 30.1. The Bertz CT molecular complexity index is 271. The van der Waals surface area contributed by atoms with Gasteiger partial charge in [0.25, 0.3) is 0 Å². The lowest BCUT2D eigenvalue weighted by Crippen LogP contribution is -2.47. The van der Waals surface area contributed by atoms with E-state index in [1.807, 2.05) is 0 Å². The Morgan fingerprint density at radius 1 is 1.00 bits per heavy atom. The number of halogens is 6. The summed E-state index contributed by atoms with van der Waals surface area (Å²) in [5.74, 6) is -3.41. The van der Waals surface area contributed by atoms with Crippen LogP contribution in [0.4, 0.5) is 26.3 Å². The zero-order valence-electron chi connectivity index (χ0n) is 8.72. The van der Waals surface area contributed by atoms with Crippen LogP contribution in [0.2, 0.25) is 0 Å². The molecule has 0 aromatic heterocycles. The summed E-state index contributed by atoms with van der Waals surface area (Å²) in [6.07, 6.45) is -1.24. The molecule has 0 heterocycles. The molecular formula is C10H12F6O. The van der Waals surface area contributed by atoms with Crippen LogP contribution in [-0.2, 0) is 0 Å². The first kappa shape index (κ1) is 14.3. The van der Waals surface area contributed by atoms with Crippen molar-refractivity contribution in [1.29, 1.82) is 0 Å². The van der Waals surface area contributed by atoms with Crippen molar-refractivity contribution in [2.75, 3.05) is 0 Å². The van der Waals surface area contributed by atoms with Crippen LogP contribution >= 0.6 is 0 Å². The number of hydrogen-bond donors (Lipinski definition) is 1. The van der Waals surface area contributed by atoms with E-state index in [1.165, 1.54) is 19.3 Å². The molecule has 2 rings (SSSR count). The molecule has 0 spiro atoms. The number of hydrogen-bond acceptors (Lipinski definition) is 1. The lowest BCUT2D eigenvalue weighted by atomic mass is 10.1. The molecule has 7 heteroatoms. The third kappa shape index (κ3) is 3.37. The fourth-order valence-corrected chi connectivity index (χ4v) is 1.84. The molecule has 1 saturated carbocycles. The summed E-state index contributed by atoms with van der Waals surface area (Å²) < 4.78 is 66.3. The van der Waals surface area contributed by atoms with Crippen molar-refractivity contribution in [1.82, 2.24) is 0 Å². The van der Waals surface area contributed by atoms with E-state index >= 15 is 0 Å². The summed E-state index contributed by atoms with van der Waals surface area (Å²) in [6.45, 7) is 0. The van der Waals surface area contributed by atoms with Gasteiger partial charge in [-0.15, -0.1) is 0 Å². The predicted molar refractivity (Wildman–Crippen MR) is 48.1 cm³/mol. The van der Waals surface area contributed by atoms with Crippen LogP contribution in [-0.4, -0.2) is 23.6 Å². The third-order valence-corrected chi connectivity index (χ3v) is 2.86. The summed E-state index contributed by atoms with van der Waals surface area (Å²) in [6, 6.07) is 0. The molecule has 2 aliphatic rings. The summed E-state index contributed by atoms with van der Waals surface area (Å²) in [5.41, 5.74) is 0. The predicted octanol–water partition coefficient (Wildman–Crippen LogP) is 3.44. The van der Waals surface area contributed by atoms with E-state index in [4.69, 9.17) is 5.11 Å². The summed E-state index contributed by atoms with van der Waals surface area (Å²) in [7, 11) is 0. The van der Waals surface area contributed by atoms with Crippen LogP contribution in [0.25, 0.3) is 0 Å². The van der Waals surface area contributed by atoms with Crippen molar-refractivity contribution >= 4 is 0 Å². The molecule has 3 atom stereocenters. The largest absolute Gasteiger partial charge is 0.454 e. The second kappa shape index (κ2) is 4.88. The molecule has 1 nitrogen and oxygen atoms in total. The number of fused-ring (bicyclic) bond motifs is 2. The highest BCUT2D eigenvalue weighted by Gasteiger charge is 2.62. The van der Waals surface area contributed by atoms with E-state index in [1.54, 1.807) is 0 Å². The molecule has 17 heavy (non-hydrogen) atoms. The first-order chi connectivity index (χ1) is 7.64. The van der Waals surface area contributed by atoms with Crippen molar-refractivity contribution in [2.24, 2.45) is 11.8 Å². The maximum atomic E-state index is 11.4. The first-order valence-electron chi connectivity index (χ1n) is 5.09. The van der Waals surface area contributed by atoms with Gasteiger partial charge >= 0.3 is 18.5 Å². The van der Waals surface area contributed by atoms with Crippen molar-refractivity contribution in [2.45, 2.75) is 37.7 Å². The minimum absolute atomic E-state index is 0.991. The first-order valence-corrected chi connectivity index (χ1v) is 5.09. The molecule has 2 aliphatic carbocycles. The molecule has 2 bridgehead atoms. The molecule has 0 radical (unpaired) electrons. The Balaban J connectivity index is 0.000000177. The third-order valence-electron chi connectivity index (χ3n) is 2.86. The van der Waals surface area contributed by atoms with Gasteiger partial charge in [-0.2, -0.15) is 17.6 Å². The highest BCUT2D eigenvalue weighted by Crippen LogP contribution is 2.38. The van der Waals surface area contributed by atoms with Crippen LogP contribution in [0.5, 0.6) is 0 Å². The van der Waals surface area contributed by atoms with E-state index in [9.17, 15) is 26.3 Å². The number of allylic oxidation sites excluding steroid dienone is 2. The SMILES string of the molecule is C1=CC2CCC1C2.OC(F)(C(F)F)C(F)(F)F. The molecule has 1 fully saturated rings. The lowest BCUT2D eigenvalue weighted by Gasteiger charge is -2.20. The van der Waals surface area contributed by atoms with Gasteiger partial charge in [-0.05, 0) is 31.1 Å². The lowest BCUT2D eigenvalue weighted by molar-refractivity contribution is -0.352. The van der Waals surface area contributed by atoms with Gasteiger partial charge in [0.05, 0.1) is 0 Å². The van der Waals surface area contributed by atoms with Crippen molar-refractivity contribution in [3.8, 4) is 0 Å². The average molecular weight is 262 g/mol. The highest BCUT2D eigenvalue weighted by molar-refractivity contribution is 5.06. The second-order valence-corrected chi connectivity index (χ2v) is 4.19. The molecule has 0 saturated heterocycles. The molecule has 0 aliphatic heterocycles.